The molecule has 4 rings (SSSR count). The molecule has 1 saturated heterocycles. The third kappa shape index (κ3) is 4.86. The zero-order valence-corrected chi connectivity index (χ0v) is 18.2. The summed E-state index contributed by atoms with van der Waals surface area (Å²) in [6, 6.07) is 15.0. The third-order valence-electron chi connectivity index (χ3n) is 5.58. The van der Waals surface area contributed by atoms with Crippen LogP contribution < -0.4 is 10.2 Å². The molecular formula is C23H22ClN5O3. The summed E-state index contributed by atoms with van der Waals surface area (Å²) >= 11 is 5.82. The first-order valence-corrected chi connectivity index (χ1v) is 10.7. The molecule has 8 nitrogen and oxygen atoms in total. The molecule has 32 heavy (non-hydrogen) atoms. The van der Waals surface area contributed by atoms with Gasteiger partial charge in [0.1, 0.15) is 5.02 Å². The van der Waals surface area contributed by atoms with E-state index < -0.39 is 10.8 Å². The second-order valence-electron chi connectivity index (χ2n) is 7.90. The maximum atomic E-state index is 12.6. The van der Waals surface area contributed by atoms with Crippen LogP contribution >= 0.6 is 11.6 Å². The highest BCUT2D eigenvalue weighted by Crippen LogP contribution is 2.27. The average Bonchev–Trinajstić information content (AvgIpc) is 2.80. The molecule has 0 unspecified atom stereocenters. The predicted molar refractivity (Wildman–Crippen MR) is 124 cm³/mol. The molecule has 0 aliphatic carbocycles. The average molecular weight is 452 g/mol. The zero-order valence-electron chi connectivity index (χ0n) is 17.5. The van der Waals surface area contributed by atoms with Crippen LogP contribution in [0, 0.1) is 16.0 Å². The van der Waals surface area contributed by atoms with E-state index in [-0.39, 0.29) is 16.3 Å². The molecule has 1 aliphatic rings. The Labute approximate surface area is 190 Å². The lowest BCUT2D eigenvalue weighted by Gasteiger charge is -2.30. The van der Waals surface area contributed by atoms with Gasteiger partial charge < -0.3 is 10.2 Å². The Morgan fingerprint density at radius 2 is 1.91 bits per heavy atom. The summed E-state index contributed by atoms with van der Waals surface area (Å²) in [5.74, 6) is 1.15. The molecule has 9 heteroatoms. The van der Waals surface area contributed by atoms with E-state index in [2.05, 4.69) is 27.3 Å². The number of carbonyl (C=O) groups excluding carboxylic acids is 1. The fourth-order valence-corrected chi connectivity index (χ4v) is 3.83. The van der Waals surface area contributed by atoms with E-state index in [1.807, 2.05) is 18.2 Å². The molecule has 1 aromatic heterocycles. The number of halogens is 1. The van der Waals surface area contributed by atoms with Crippen molar-refractivity contribution in [1.29, 1.82) is 0 Å². The van der Waals surface area contributed by atoms with E-state index in [0.29, 0.717) is 11.4 Å². The van der Waals surface area contributed by atoms with Crippen molar-refractivity contribution in [2.24, 2.45) is 5.92 Å². The van der Waals surface area contributed by atoms with Crippen molar-refractivity contribution < 1.29 is 9.72 Å². The molecule has 0 spiro atoms. The van der Waals surface area contributed by atoms with Crippen LogP contribution in [0.2, 0.25) is 5.02 Å². The second kappa shape index (κ2) is 9.32. The summed E-state index contributed by atoms with van der Waals surface area (Å²) in [6.07, 6.45) is 2.31. The van der Waals surface area contributed by atoms with Crippen molar-refractivity contribution in [3.05, 3.63) is 75.3 Å². The van der Waals surface area contributed by atoms with E-state index in [0.717, 1.165) is 49.3 Å². The predicted octanol–water partition coefficient (Wildman–Crippen LogP) is 5.19. The monoisotopic (exact) mass is 451 g/mol. The molecule has 1 aliphatic heterocycles. The number of nitro groups is 1. The number of nitrogens with zero attached hydrogens (tertiary/aromatic N) is 4. The first-order valence-electron chi connectivity index (χ1n) is 10.3. The quantitative estimate of drug-likeness (QED) is 0.423. The largest absolute Gasteiger partial charge is 0.355 e. The minimum Gasteiger partial charge on any atom is -0.355 e. The van der Waals surface area contributed by atoms with Gasteiger partial charge in [-0.05, 0) is 55.2 Å². The number of rotatable bonds is 5. The summed E-state index contributed by atoms with van der Waals surface area (Å²) in [5, 5.41) is 22.6. The fourth-order valence-electron chi connectivity index (χ4n) is 3.64. The van der Waals surface area contributed by atoms with E-state index in [9.17, 15) is 14.9 Å². The van der Waals surface area contributed by atoms with Gasteiger partial charge in [-0.15, -0.1) is 10.2 Å². The van der Waals surface area contributed by atoms with Gasteiger partial charge >= 0.3 is 0 Å². The molecule has 3 aromatic rings. The van der Waals surface area contributed by atoms with Crippen LogP contribution in [0.5, 0.6) is 0 Å². The Morgan fingerprint density at radius 3 is 2.59 bits per heavy atom. The van der Waals surface area contributed by atoms with E-state index in [1.165, 1.54) is 12.1 Å². The standard InChI is InChI=1S/C23H22ClN5O3/c1-15-9-11-28(12-10-15)22-8-7-20(26-27-22)16-3-2-4-18(13-16)25-23(30)17-5-6-19(24)21(14-17)29(31)32/h2-8,13-15H,9-12H2,1H3,(H,25,30). The second-order valence-corrected chi connectivity index (χ2v) is 8.31. The fraction of sp³-hybridized carbons (Fsp3) is 0.261. The van der Waals surface area contributed by atoms with Gasteiger partial charge in [0.2, 0.25) is 0 Å². The number of nitrogens with one attached hydrogen (secondary N) is 1. The van der Waals surface area contributed by atoms with Crippen LogP contribution in [-0.2, 0) is 0 Å². The van der Waals surface area contributed by atoms with E-state index in [4.69, 9.17) is 11.6 Å². The summed E-state index contributed by atoms with van der Waals surface area (Å²) in [4.78, 5) is 25.3. The Bertz CT molecular complexity index is 1140. The SMILES string of the molecule is CC1CCN(c2ccc(-c3cccc(NC(=O)c4ccc(Cl)c([N+](=O)[O-])c4)c3)nn2)CC1. The van der Waals surface area contributed by atoms with E-state index in [1.54, 1.807) is 18.2 Å². The van der Waals surface area contributed by atoms with Crippen LogP contribution in [0.3, 0.4) is 0 Å². The maximum Gasteiger partial charge on any atom is 0.288 e. The Hall–Kier alpha value is -3.52. The van der Waals surface area contributed by atoms with Crippen LogP contribution in [0.4, 0.5) is 17.2 Å². The molecule has 0 saturated carbocycles. The number of piperidine rings is 1. The van der Waals surface area contributed by atoms with Crippen LogP contribution in [0.1, 0.15) is 30.1 Å². The molecule has 1 N–H and O–H groups in total. The molecule has 2 aromatic carbocycles. The van der Waals surface area contributed by atoms with Crippen molar-refractivity contribution in [3.8, 4) is 11.3 Å². The summed E-state index contributed by atoms with van der Waals surface area (Å²) < 4.78 is 0. The van der Waals surface area contributed by atoms with Gasteiger partial charge in [0.25, 0.3) is 11.6 Å². The molecule has 1 fully saturated rings. The number of amides is 1. The molecule has 0 atom stereocenters. The highest BCUT2D eigenvalue weighted by Gasteiger charge is 2.18. The molecule has 2 heterocycles. The molecule has 1 amide bonds. The third-order valence-corrected chi connectivity index (χ3v) is 5.90. The van der Waals surface area contributed by atoms with Crippen molar-refractivity contribution in [3.63, 3.8) is 0 Å². The van der Waals surface area contributed by atoms with Gasteiger partial charge in [0, 0.05) is 36.0 Å². The number of hydrogen-bond acceptors (Lipinski definition) is 6. The van der Waals surface area contributed by atoms with Gasteiger partial charge in [-0.3, -0.25) is 14.9 Å². The van der Waals surface area contributed by atoms with Crippen LogP contribution in [0.15, 0.2) is 54.6 Å². The molecular weight excluding hydrogens is 430 g/mol. The number of anilines is 2. The van der Waals surface area contributed by atoms with Gasteiger partial charge in [-0.1, -0.05) is 30.7 Å². The first kappa shape index (κ1) is 21.7. The van der Waals surface area contributed by atoms with Gasteiger partial charge in [-0.25, -0.2) is 0 Å². The van der Waals surface area contributed by atoms with Crippen molar-refractivity contribution >= 4 is 34.7 Å². The molecule has 0 radical (unpaired) electrons. The number of nitro benzene ring substituents is 1. The zero-order chi connectivity index (χ0) is 22.7. The van der Waals surface area contributed by atoms with Crippen LogP contribution in [0.25, 0.3) is 11.3 Å². The lowest BCUT2D eigenvalue weighted by Crippen LogP contribution is -2.33. The number of hydrogen-bond donors (Lipinski definition) is 1. The van der Waals surface area contributed by atoms with Crippen molar-refractivity contribution in [2.45, 2.75) is 19.8 Å². The minimum absolute atomic E-state index is 0.0189. The summed E-state index contributed by atoms with van der Waals surface area (Å²) in [6.45, 7) is 4.24. The van der Waals surface area contributed by atoms with Gasteiger partial charge in [0.15, 0.2) is 5.82 Å². The minimum atomic E-state index is -0.619. The lowest BCUT2D eigenvalue weighted by atomic mass is 9.99. The summed E-state index contributed by atoms with van der Waals surface area (Å²) in [5.41, 5.74) is 1.87. The van der Waals surface area contributed by atoms with Crippen molar-refractivity contribution in [1.82, 2.24) is 10.2 Å². The molecule has 164 valence electrons. The lowest BCUT2D eigenvalue weighted by molar-refractivity contribution is -0.384. The van der Waals surface area contributed by atoms with Crippen LogP contribution in [-0.4, -0.2) is 34.1 Å². The first-order chi connectivity index (χ1) is 15.4. The highest BCUT2D eigenvalue weighted by molar-refractivity contribution is 6.32. The van der Waals surface area contributed by atoms with Gasteiger partial charge in [0.05, 0.1) is 10.6 Å². The highest BCUT2D eigenvalue weighted by atomic mass is 35.5. The smallest absolute Gasteiger partial charge is 0.288 e. The Morgan fingerprint density at radius 1 is 1.12 bits per heavy atom. The number of carbonyl (C=O) groups is 1. The topological polar surface area (TPSA) is 101 Å². The normalized spacial score (nSPS) is 14.2. The molecule has 0 bridgehead atoms. The summed E-state index contributed by atoms with van der Waals surface area (Å²) in [7, 11) is 0. The number of benzene rings is 2. The van der Waals surface area contributed by atoms with Gasteiger partial charge in [-0.2, -0.15) is 0 Å². The number of aromatic nitrogens is 2. The Kier molecular flexibility index (Phi) is 6.32. The Balaban J connectivity index is 1.48. The van der Waals surface area contributed by atoms with E-state index >= 15 is 0 Å². The maximum absolute atomic E-state index is 12.6. The van der Waals surface area contributed by atoms with Crippen molar-refractivity contribution in [2.75, 3.05) is 23.3 Å².